The van der Waals surface area contributed by atoms with E-state index >= 15 is 0 Å². The van der Waals surface area contributed by atoms with Crippen LogP contribution in [0, 0.1) is 11.3 Å². The summed E-state index contributed by atoms with van der Waals surface area (Å²) in [6, 6.07) is 18.5. The molecule has 8 heteroatoms. The summed E-state index contributed by atoms with van der Waals surface area (Å²) < 4.78 is 6.32. The van der Waals surface area contributed by atoms with Gasteiger partial charge >= 0.3 is 6.01 Å². The van der Waals surface area contributed by atoms with Gasteiger partial charge in [-0.15, -0.1) is 0 Å². The Morgan fingerprint density at radius 3 is 2.84 bits per heavy atom. The van der Waals surface area contributed by atoms with Gasteiger partial charge in [0.2, 0.25) is 0 Å². The predicted octanol–water partition coefficient (Wildman–Crippen LogP) is 3.75. The van der Waals surface area contributed by atoms with Gasteiger partial charge in [0.25, 0.3) is 0 Å². The minimum absolute atomic E-state index is 0.149. The van der Waals surface area contributed by atoms with Crippen LogP contribution in [0.2, 0.25) is 0 Å². The molecule has 0 saturated carbocycles. The van der Waals surface area contributed by atoms with Crippen LogP contribution in [0.3, 0.4) is 0 Å². The summed E-state index contributed by atoms with van der Waals surface area (Å²) >= 11 is 0. The number of nitrogens with zero attached hydrogens (tertiary/aromatic N) is 6. The van der Waals surface area contributed by atoms with Gasteiger partial charge in [0.1, 0.15) is 12.4 Å². The van der Waals surface area contributed by atoms with Gasteiger partial charge in [-0.05, 0) is 44.3 Å². The van der Waals surface area contributed by atoms with E-state index in [2.05, 4.69) is 75.6 Å². The number of rotatable bonds is 6. The van der Waals surface area contributed by atoms with Crippen molar-refractivity contribution in [3.8, 4) is 12.1 Å². The lowest BCUT2D eigenvalue weighted by Crippen LogP contribution is -2.51. The fourth-order valence-corrected chi connectivity index (χ4v) is 6.19. The molecule has 2 aromatic carbocycles. The van der Waals surface area contributed by atoms with E-state index < -0.39 is 0 Å². The quantitative estimate of drug-likeness (QED) is 0.536. The number of likely N-dealkylation sites (tertiary alicyclic amines) is 1. The number of ether oxygens (including phenoxy) is 1. The minimum atomic E-state index is 0.149. The van der Waals surface area contributed by atoms with E-state index in [0.717, 1.165) is 63.6 Å². The number of piperazine rings is 1. The number of hydrogen-bond donors (Lipinski definition) is 1. The van der Waals surface area contributed by atoms with Crippen LogP contribution in [-0.2, 0) is 13.0 Å². The van der Waals surface area contributed by atoms with Crippen molar-refractivity contribution in [3.05, 3.63) is 53.7 Å². The number of nitrogens with one attached hydrogen (secondary N) is 1. The highest BCUT2D eigenvalue weighted by atomic mass is 16.5. The molecule has 4 heterocycles. The molecule has 3 aromatic rings. The van der Waals surface area contributed by atoms with Crippen LogP contribution >= 0.6 is 0 Å². The molecule has 38 heavy (non-hydrogen) atoms. The lowest BCUT2D eigenvalue weighted by molar-refractivity contribution is 0.119. The second kappa shape index (κ2) is 11.1. The number of aromatic nitrogens is 2. The largest absolute Gasteiger partial charge is 0.462 e. The lowest BCUT2D eigenvalue weighted by atomic mass is 10.0. The van der Waals surface area contributed by atoms with E-state index in [0.29, 0.717) is 25.1 Å². The number of anilines is 2. The summed E-state index contributed by atoms with van der Waals surface area (Å²) in [5.74, 6) is 0.990. The van der Waals surface area contributed by atoms with E-state index in [1.165, 1.54) is 34.9 Å². The molecule has 198 valence electrons. The maximum absolute atomic E-state index is 9.28. The van der Waals surface area contributed by atoms with E-state index in [9.17, 15) is 5.26 Å². The Hall–Kier alpha value is -3.41. The first-order valence-electron chi connectivity index (χ1n) is 14.0. The SMILES string of the molecule is CN1CCCCC1COc1nc2c(c(N3CCNC(CC#N)C3)n1)CCN(c1cccc3ccccc13)C2. The summed E-state index contributed by atoms with van der Waals surface area (Å²) in [4.78, 5) is 17.2. The van der Waals surface area contributed by atoms with Crippen LogP contribution < -0.4 is 19.9 Å². The number of likely N-dealkylation sites (N-methyl/N-ethyl adjacent to an activating group) is 1. The Bertz CT molecular complexity index is 1320. The summed E-state index contributed by atoms with van der Waals surface area (Å²) in [5, 5.41) is 15.3. The third-order valence-electron chi connectivity index (χ3n) is 8.35. The molecule has 3 aliphatic rings. The van der Waals surface area contributed by atoms with E-state index in [1.807, 2.05) is 0 Å². The van der Waals surface area contributed by atoms with Crippen molar-refractivity contribution in [1.82, 2.24) is 20.2 Å². The molecule has 2 saturated heterocycles. The smallest absolute Gasteiger partial charge is 0.318 e. The molecule has 2 fully saturated rings. The molecule has 8 nitrogen and oxygen atoms in total. The highest BCUT2D eigenvalue weighted by Gasteiger charge is 2.29. The molecule has 0 amide bonds. The van der Waals surface area contributed by atoms with Crippen molar-refractivity contribution in [1.29, 1.82) is 5.26 Å². The lowest BCUT2D eigenvalue weighted by Gasteiger charge is -2.37. The molecule has 0 bridgehead atoms. The molecule has 0 radical (unpaired) electrons. The average molecular weight is 512 g/mol. The molecule has 0 aliphatic carbocycles. The van der Waals surface area contributed by atoms with Crippen molar-refractivity contribution >= 4 is 22.3 Å². The van der Waals surface area contributed by atoms with Crippen LogP contribution in [0.4, 0.5) is 11.5 Å². The van der Waals surface area contributed by atoms with Gasteiger partial charge in [-0.2, -0.15) is 15.2 Å². The van der Waals surface area contributed by atoms with Crippen LogP contribution in [-0.4, -0.2) is 73.3 Å². The Labute approximate surface area is 225 Å². The minimum Gasteiger partial charge on any atom is -0.462 e. The second-order valence-electron chi connectivity index (χ2n) is 10.8. The van der Waals surface area contributed by atoms with Gasteiger partial charge in [-0.1, -0.05) is 42.8 Å². The fraction of sp³-hybridized carbons (Fsp3) is 0.500. The topological polar surface area (TPSA) is 80.5 Å². The van der Waals surface area contributed by atoms with Crippen LogP contribution in [0.5, 0.6) is 6.01 Å². The first-order valence-corrected chi connectivity index (χ1v) is 14.0. The van der Waals surface area contributed by atoms with Gasteiger partial charge in [0.05, 0.1) is 24.7 Å². The number of nitriles is 1. The maximum Gasteiger partial charge on any atom is 0.318 e. The fourth-order valence-electron chi connectivity index (χ4n) is 6.19. The Morgan fingerprint density at radius 2 is 1.95 bits per heavy atom. The summed E-state index contributed by atoms with van der Waals surface area (Å²) in [6.45, 7) is 5.85. The molecule has 2 unspecified atom stereocenters. The van der Waals surface area contributed by atoms with Gasteiger partial charge in [0, 0.05) is 54.9 Å². The van der Waals surface area contributed by atoms with Crippen molar-refractivity contribution in [2.45, 2.75) is 50.7 Å². The van der Waals surface area contributed by atoms with Gasteiger partial charge in [-0.25, -0.2) is 0 Å². The molecular weight excluding hydrogens is 474 g/mol. The third-order valence-corrected chi connectivity index (χ3v) is 8.35. The van der Waals surface area contributed by atoms with Crippen LogP contribution in [0.25, 0.3) is 10.8 Å². The van der Waals surface area contributed by atoms with Crippen LogP contribution in [0.15, 0.2) is 42.5 Å². The monoisotopic (exact) mass is 511 g/mol. The predicted molar refractivity (Wildman–Crippen MR) is 151 cm³/mol. The zero-order valence-corrected chi connectivity index (χ0v) is 22.3. The molecule has 3 aliphatic heterocycles. The number of hydrogen-bond acceptors (Lipinski definition) is 8. The summed E-state index contributed by atoms with van der Waals surface area (Å²) in [6.07, 6.45) is 5.03. The standard InChI is InChI=1S/C30H37N7O/c1-35-16-5-4-9-24(35)21-38-30-33-27-20-36(28-11-6-8-22-7-2-3-10-25(22)28)17-13-26(27)29(34-30)37-18-15-32-23(19-37)12-14-31/h2-3,6-8,10-11,23-24,32H,4-5,9,12-13,15-21H2,1H3. The Kier molecular flexibility index (Phi) is 7.30. The first kappa shape index (κ1) is 24.9. The zero-order valence-electron chi connectivity index (χ0n) is 22.3. The summed E-state index contributed by atoms with van der Waals surface area (Å²) in [5.41, 5.74) is 3.52. The molecule has 1 aromatic heterocycles. The van der Waals surface area contributed by atoms with Crippen molar-refractivity contribution < 1.29 is 4.74 Å². The molecule has 1 N–H and O–H groups in total. The highest BCUT2D eigenvalue weighted by Crippen LogP contribution is 2.34. The van der Waals surface area contributed by atoms with Crippen molar-refractivity contribution in [2.24, 2.45) is 0 Å². The van der Waals surface area contributed by atoms with E-state index in [1.54, 1.807) is 0 Å². The van der Waals surface area contributed by atoms with Crippen LogP contribution in [0.1, 0.15) is 36.9 Å². The van der Waals surface area contributed by atoms with Gasteiger partial charge in [-0.3, -0.25) is 0 Å². The molecule has 0 spiro atoms. The second-order valence-corrected chi connectivity index (χ2v) is 10.8. The zero-order chi connectivity index (χ0) is 25.9. The average Bonchev–Trinajstić information content (AvgIpc) is 2.96. The normalized spacial score (nSPS) is 22.2. The summed E-state index contributed by atoms with van der Waals surface area (Å²) in [7, 11) is 2.18. The third kappa shape index (κ3) is 5.13. The number of fused-ring (bicyclic) bond motifs is 2. The molecule has 2 atom stereocenters. The molecule has 6 rings (SSSR count). The van der Waals surface area contributed by atoms with E-state index in [-0.39, 0.29) is 6.04 Å². The van der Waals surface area contributed by atoms with Crippen molar-refractivity contribution in [2.75, 3.05) is 56.2 Å². The van der Waals surface area contributed by atoms with Gasteiger partial charge < -0.3 is 24.8 Å². The number of benzene rings is 2. The number of piperidine rings is 1. The Morgan fingerprint density at radius 1 is 1.05 bits per heavy atom. The Balaban J connectivity index is 1.31. The van der Waals surface area contributed by atoms with E-state index in [4.69, 9.17) is 14.7 Å². The highest BCUT2D eigenvalue weighted by molar-refractivity contribution is 5.94. The first-order chi connectivity index (χ1) is 18.7. The van der Waals surface area contributed by atoms with Gasteiger partial charge in [0.15, 0.2) is 0 Å². The molecular formula is C30H37N7O. The maximum atomic E-state index is 9.28. The van der Waals surface area contributed by atoms with Crippen molar-refractivity contribution in [3.63, 3.8) is 0 Å².